The lowest BCUT2D eigenvalue weighted by Gasteiger charge is -2.13. The molecule has 8 heteroatoms. The second kappa shape index (κ2) is 9.31. The lowest BCUT2D eigenvalue weighted by Crippen LogP contribution is -2.29. The third-order valence-electron chi connectivity index (χ3n) is 3.21. The molecule has 2 aromatic rings. The highest BCUT2D eigenvalue weighted by Crippen LogP contribution is 2.31. The molecule has 2 rings (SSSR count). The van der Waals surface area contributed by atoms with E-state index >= 15 is 0 Å². The first-order valence-corrected chi connectivity index (χ1v) is 8.67. The Morgan fingerprint density at radius 2 is 1.46 bits per heavy atom. The van der Waals surface area contributed by atoms with E-state index < -0.39 is 11.8 Å². The van der Waals surface area contributed by atoms with Gasteiger partial charge in [-0.25, -0.2) is 0 Å². The van der Waals surface area contributed by atoms with Crippen molar-refractivity contribution < 1.29 is 19.1 Å². The number of amides is 2. The largest absolute Gasteiger partial charge is 0.490 e. The number of ether oxygens (including phenoxy) is 2. The minimum Gasteiger partial charge on any atom is -0.490 e. The van der Waals surface area contributed by atoms with Crippen molar-refractivity contribution in [3.8, 4) is 11.5 Å². The van der Waals surface area contributed by atoms with E-state index in [0.29, 0.717) is 30.4 Å². The molecule has 0 heterocycles. The molecule has 0 unspecified atom stereocenters. The molecule has 0 radical (unpaired) electrons. The van der Waals surface area contributed by atoms with Crippen LogP contribution in [0.1, 0.15) is 13.8 Å². The number of hydrogen-bond donors (Lipinski definition) is 2. The summed E-state index contributed by atoms with van der Waals surface area (Å²) in [5.41, 5.74) is 0.569. The Morgan fingerprint density at radius 3 is 2.08 bits per heavy atom. The minimum absolute atomic E-state index is 0.178. The van der Waals surface area contributed by atoms with Crippen molar-refractivity contribution in [3.63, 3.8) is 0 Å². The zero-order valence-electron chi connectivity index (χ0n) is 14.3. The van der Waals surface area contributed by atoms with Crippen molar-refractivity contribution >= 4 is 46.4 Å². The van der Waals surface area contributed by atoms with E-state index in [0.717, 1.165) is 0 Å². The first kappa shape index (κ1) is 19.9. The van der Waals surface area contributed by atoms with Crippen LogP contribution in [-0.4, -0.2) is 25.0 Å². The molecule has 0 fully saturated rings. The number of benzene rings is 2. The molecule has 2 N–H and O–H groups in total. The Morgan fingerprint density at radius 1 is 0.885 bits per heavy atom. The van der Waals surface area contributed by atoms with Crippen molar-refractivity contribution in [2.24, 2.45) is 0 Å². The van der Waals surface area contributed by atoms with Crippen molar-refractivity contribution in [1.29, 1.82) is 0 Å². The molecule has 2 aromatic carbocycles. The number of carbonyl (C=O) groups excluding carboxylic acids is 2. The highest BCUT2D eigenvalue weighted by atomic mass is 35.5. The van der Waals surface area contributed by atoms with E-state index in [1.54, 1.807) is 36.4 Å². The Balaban J connectivity index is 2.11. The van der Waals surface area contributed by atoms with Crippen molar-refractivity contribution in [2.45, 2.75) is 13.8 Å². The maximum atomic E-state index is 12.1. The average Bonchev–Trinajstić information content (AvgIpc) is 2.60. The second-order valence-electron chi connectivity index (χ2n) is 5.03. The molecule has 0 aliphatic carbocycles. The van der Waals surface area contributed by atoms with Crippen molar-refractivity contribution in [1.82, 2.24) is 0 Å². The van der Waals surface area contributed by atoms with Gasteiger partial charge in [-0.3, -0.25) is 9.59 Å². The van der Waals surface area contributed by atoms with E-state index in [9.17, 15) is 9.59 Å². The van der Waals surface area contributed by atoms with Crippen molar-refractivity contribution in [3.05, 3.63) is 46.4 Å². The van der Waals surface area contributed by atoms with Gasteiger partial charge < -0.3 is 20.1 Å². The number of halogens is 2. The van der Waals surface area contributed by atoms with Gasteiger partial charge in [0, 0.05) is 11.8 Å². The first-order chi connectivity index (χ1) is 12.5. The van der Waals surface area contributed by atoms with Gasteiger partial charge in [-0.05, 0) is 38.1 Å². The number of nitrogens with one attached hydrogen (secondary N) is 2. The molecule has 0 atom stereocenters. The van der Waals surface area contributed by atoms with Crippen LogP contribution in [0.3, 0.4) is 0 Å². The summed E-state index contributed by atoms with van der Waals surface area (Å²) in [6, 6.07) is 9.61. The van der Waals surface area contributed by atoms with Crippen LogP contribution in [0.2, 0.25) is 10.0 Å². The maximum absolute atomic E-state index is 12.1. The zero-order chi connectivity index (χ0) is 19.1. The number of carbonyl (C=O) groups is 2. The van der Waals surface area contributed by atoms with Gasteiger partial charge in [0.2, 0.25) is 0 Å². The van der Waals surface area contributed by atoms with Crippen LogP contribution in [0, 0.1) is 0 Å². The van der Waals surface area contributed by atoms with Crippen LogP contribution in [0.4, 0.5) is 11.4 Å². The number of hydrogen-bond acceptors (Lipinski definition) is 4. The molecule has 0 aliphatic heterocycles. The summed E-state index contributed by atoms with van der Waals surface area (Å²) in [5.74, 6) is -0.735. The normalized spacial score (nSPS) is 10.2. The summed E-state index contributed by atoms with van der Waals surface area (Å²) in [4.78, 5) is 24.2. The Labute approximate surface area is 161 Å². The molecule has 0 spiro atoms. The fourth-order valence-electron chi connectivity index (χ4n) is 2.10. The monoisotopic (exact) mass is 396 g/mol. The first-order valence-electron chi connectivity index (χ1n) is 7.92. The lowest BCUT2D eigenvalue weighted by atomic mass is 10.2. The van der Waals surface area contributed by atoms with E-state index in [2.05, 4.69) is 10.6 Å². The average molecular weight is 397 g/mol. The van der Waals surface area contributed by atoms with Gasteiger partial charge in [-0.15, -0.1) is 0 Å². The van der Waals surface area contributed by atoms with Crippen LogP contribution in [0.5, 0.6) is 11.5 Å². The Kier molecular flexibility index (Phi) is 7.12. The third-order valence-corrected chi connectivity index (χ3v) is 3.84. The predicted molar refractivity (Wildman–Crippen MR) is 103 cm³/mol. The van der Waals surface area contributed by atoms with Gasteiger partial charge in [0.15, 0.2) is 11.5 Å². The molecule has 6 nitrogen and oxygen atoms in total. The lowest BCUT2D eigenvalue weighted by molar-refractivity contribution is -0.132. The molecule has 2 amide bonds. The van der Waals surface area contributed by atoms with Crippen LogP contribution < -0.4 is 20.1 Å². The van der Waals surface area contributed by atoms with Crippen LogP contribution in [0.15, 0.2) is 36.4 Å². The Hall–Kier alpha value is -2.44. The number of para-hydroxylation sites is 1. The number of anilines is 2. The topological polar surface area (TPSA) is 76.7 Å². The van der Waals surface area contributed by atoms with Gasteiger partial charge in [0.1, 0.15) is 0 Å². The summed E-state index contributed by atoms with van der Waals surface area (Å²) in [7, 11) is 0. The van der Waals surface area contributed by atoms with Crippen LogP contribution >= 0.6 is 23.2 Å². The third kappa shape index (κ3) is 5.03. The predicted octanol–water partition coefficient (Wildman–Crippen LogP) is 4.37. The summed E-state index contributed by atoms with van der Waals surface area (Å²) >= 11 is 12.0. The smallest absolute Gasteiger partial charge is 0.314 e. The van der Waals surface area contributed by atoms with Crippen LogP contribution in [0.25, 0.3) is 0 Å². The molecule has 0 saturated heterocycles. The molecule has 26 heavy (non-hydrogen) atoms. The molecular weight excluding hydrogens is 379 g/mol. The molecule has 0 bridgehead atoms. The SMILES string of the molecule is CCOc1ccc(NC(=O)C(=O)Nc2c(Cl)cccc2Cl)cc1OCC. The number of rotatable bonds is 6. The maximum Gasteiger partial charge on any atom is 0.314 e. The second-order valence-corrected chi connectivity index (χ2v) is 5.85. The highest BCUT2D eigenvalue weighted by Gasteiger charge is 2.18. The Bertz CT molecular complexity index is 792. The molecule has 138 valence electrons. The van der Waals surface area contributed by atoms with Gasteiger partial charge in [-0.2, -0.15) is 0 Å². The molecular formula is C18H18Cl2N2O4. The summed E-state index contributed by atoms with van der Waals surface area (Å²) in [6.07, 6.45) is 0. The van der Waals surface area contributed by atoms with Gasteiger partial charge in [0.05, 0.1) is 28.9 Å². The molecule has 0 aromatic heterocycles. The minimum atomic E-state index is -0.896. The summed E-state index contributed by atoms with van der Waals surface area (Å²) in [5, 5.41) is 5.36. The van der Waals surface area contributed by atoms with Crippen LogP contribution in [-0.2, 0) is 9.59 Å². The molecule has 0 saturated carbocycles. The van der Waals surface area contributed by atoms with Crippen molar-refractivity contribution in [2.75, 3.05) is 23.8 Å². The van der Waals surface area contributed by atoms with E-state index in [-0.39, 0.29) is 15.7 Å². The fraction of sp³-hybridized carbons (Fsp3) is 0.222. The van der Waals surface area contributed by atoms with Gasteiger partial charge >= 0.3 is 11.8 Å². The molecule has 0 aliphatic rings. The fourth-order valence-corrected chi connectivity index (χ4v) is 2.60. The quantitative estimate of drug-likeness (QED) is 0.710. The highest BCUT2D eigenvalue weighted by molar-refractivity contribution is 6.46. The summed E-state index contributed by atoms with van der Waals surface area (Å²) < 4.78 is 10.9. The summed E-state index contributed by atoms with van der Waals surface area (Å²) in [6.45, 7) is 4.60. The van der Waals surface area contributed by atoms with E-state index in [4.69, 9.17) is 32.7 Å². The van der Waals surface area contributed by atoms with E-state index in [1.807, 2.05) is 13.8 Å². The standard InChI is InChI=1S/C18H18Cl2N2O4/c1-3-25-14-9-8-11(10-15(14)26-4-2)21-17(23)18(24)22-16-12(19)6-5-7-13(16)20/h5-10H,3-4H2,1-2H3,(H,21,23)(H,22,24). The van der Waals surface area contributed by atoms with Gasteiger partial charge in [-0.1, -0.05) is 29.3 Å². The van der Waals surface area contributed by atoms with E-state index in [1.165, 1.54) is 0 Å². The zero-order valence-corrected chi connectivity index (χ0v) is 15.8. The van der Waals surface area contributed by atoms with Gasteiger partial charge in [0.25, 0.3) is 0 Å².